The Hall–Kier alpha value is -2.29. The number of non-ortho nitro benzene ring substituents is 1. The van der Waals surface area contributed by atoms with Crippen LogP contribution < -0.4 is 4.90 Å². The van der Waals surface area contributed by atoms with Gasteiger partial charge in [0.1, 0.15) is 0 Å². The third-order valence-corrected chi connectivity index (χ3v) is 3.58. The highest BCUT2D eigenvalue weighted by atomic mass is 127. The predicted octanol–water partition coefficient (Wildman–Crippen LogP) is 3.39. The van der Waals surface area contributed by atoms with Crippen LogP contribution in [-0.4, -0.2) is 16.7 Å². The number of nitro groups is 1. The van der Waals surface area contributed by atoms with E-state index in [0.717, 1.165) is 8.47 Å². The van der Waals surface area contributed by atoms with Crippen molar-refractivity contribution in [2.24, 2.45) is 0 Å². The SMILES string of the molecule is CC(=O)N(C(=O)c1cccc(I)c1)c1ccc([N+](=O)[O-])cc1. The first-order chi connectivity index (χ1) is 10.4. The molecule has 0 saturated carbocycles. The Morgan fingerprint density at radius 3 is 2.27 bits per heavy atom. The quantitative estimate of drug-likeness (QED) is 0.442. The van der Waals surface area contributed by atoms with E-state index in [1.54, 1.807) is 18.2 Å². The Bertz CT molecular complexity index is 743. The summed E-state index contributed by atoms with van der Waals surface area (Å²) in [5.41, 5.74) is 0.566. The van der Waals surface area contributed by atoms with E-state index >= 15 is 0 Å². The first kappa shape index (κ1) is 16.1. The van der Waals surface area contributed by atoms with E-state index in [9.17, 15) is 19.7 Å². The molecule has 112 valence electrons. The molecule has 0 radical (unpaired) electrons. The molecule has 2 amide bonds. The molecular weight excluding hydrogens is 399 g/mol. The number of nitro benzene ring substituents is 1. The third-order valence-electron chi connectivity index (χ3n) is 2.91. The number of rotatable bonds is 3. The lowest BCUT2D eigenvalue weighted by Crippen LogP contribution is -2.35. The van der Waals surface area contributed by atoms with E-state index in [-0.39, 0.29) is 5.69 Å². The number of nitrogens with zero attached hydrogens (tertiary/aromatic N) is 2. The van der Waals surface area contributed by atoms with Gasteiger partial charge in [0.15, 0.2) is 0 Å². The summed E-state index contributed by atoms with van der Waals surface area (Å²) in [6.07, 6.45) is 0. The highest BCUT2D eigenvalue weighted by Gasteiger charge is 2.22. The number of anilines is 1. The van der Waals surface area contributed by atoms with Crippen molar-refractivity contribution in [3.63, 3.8) is 0 Å². The van der Waals surface area contributed by atoms with Crippen molar-refractivity contribution in [3.8, 4) is 0 Å². The fourth-order valence-corrected chi connectivity index (χ4v) is 2.46. The summed E-state index contributed by atoms with van der Waals surface area (Å²) in [6, 6.07) is 12.1. The second-order valence-corrected chi connectivity index (χ2v) is 5.69. The van der Waals surface area contributed by atoms with Crippen LogP contribution in [-0.2, 0) is 4.79 Å². The third kappa shape index (κ3) is 3.48. The smallest absolute Gasteiger partial charge is 0.269 e. The molecule has 2 rings (SSSR count). The molecule has 7 heteroatoms. The summed E-state index contributed by atoms with van der Waals surface area (Å²) in [5, 5.41) is 10.7. The number of benzene rings is 2. The minimum absolute atomic E-state index is 0.103. The first-order valence-corrected chi connectivity index (χ1v) is 7.33. The molecule has 6 nitrogen and oxygen atoms in total. The molecule has 0 bridgehead atoms. The van der Waals surface area contributed by atoms with E-state index in [1.807, 2.05) is 6.07 Å². The molecule has 0 atom stereocenters. The second kappa shape index (κ2) is 6.65. The lowest BCUT2D eigenvalue weighted by atomic mass is 10.1. The number of halogens is 1. The molecular formula is C15H11IN2O4. The monoisotopic (exact) mass is 410 g/mol. The summed E-state index contributed by atoms with van der Waals surface area (Å²) in [6.45, 7) is 1.27. The maximum absolute atomic E-state index is 12.5. The van der Waals surface area contributed by atoms with Crippen molar-refractivity contribution in [2.75, 3.05) is 4.90 Å². The Morgan fingerprint density at radius 1 is 1.14 bits per heavy atom. The van der Waals surface area contributed by atoms with Crippen molar-refractivity contribution in [3.05, 3.63) is 67.8 Å². The first-order valence-electron chi connectivity index (χ1n) is 6.25. The van der Waals surface area contributed by atoms with Gasteiger partial charge >= 0.3 is 0 Å². The second-order valence-electron chi connectivity index (χ2n) is 4.44. The van der Waals surface area contributed by atoms with Crippen LogP contribution >= 0.6 is 22.6 Å². The van der Waals surface area contributed by atoms with E-state index in [1.165, 1.54) is 31.2 Å². The molecule has 2 aromatic carbocycles. The normalized spacial score (nSPS) is 10.1. The Morgan fingerprint density at radius 2 is 1.77 bits per heavy atom. The van der Waals surface area contributed by atoms with Gasteiger partial charge in [-0.2, -0.15) is 0 Å². The van der Waals surface area contributed by atoms with Crippen molar-refractivity contribution < 1.29 is 14.5 Å². The fourth-order valence-electron chi connectivity index (χ4n) is 1.92. The van der Waals surface area contributed by atoms with Crippen LogP contribution in [0, 0.1) is 13.7 Å². The van der Waals surface area contributed by atoms with Gasteiger partial charge in [0.25, 0.3) is 11.6 Å². The van der Waals surface area contributed by atoms with Gasteiger partial charge in [-0.05, 0) is 52.9 Å². The number of hydrogen-bond acceptors (Lipinski definition) is 4. The van der Waals surface area contributed by atoms with Crippen molar-refractivity contribution in [1.82, 2.24) is 0 Å². The van der Waals surface area contributed by atoms with Gasteiger partial charge in [0.2, 0.25) is 5.91 Å². The van der Waals surface area contributed by atoms with Gasteiger partial charge in [-0.3, -0.25) is 19.7 Å². The molecule has 22 heavy (non-hydrogen) atoms. The van der Waals surface area contributed by atoms with Crippen molar-refractivity contribution in [2.45, 2.75) is 6.92 Å². The highest BCUT2D eigenvalue weighted by molar-refractivity contribution is 14.1. The van der Waals surface area contributed by atoms with Crippen molar-refractivity contribution in [1.29, 1.82) is 0 Å². The summed E-state index contributed by atoms with van der Waals surface area (Å²) in [7, 11) is 0. The minimum atomic E-state index is -0.538. The molecule has 0 aliphatic heterocycles. The molecule has 0 aromatic heterocycles. The zero-order chi connectivity index (χ0) is 16.3. The molecule has 0 aliphatic carbocycles. The van der Waals surface area contributed by atoms with Gasteiger partial charge < -0.3 is 0 Å². The summed E-state index contributed by atoms with van der Waals surface area (Å²) >= 11 is 2.08. The number of hydrogen-bond donors (Lipinski definition) is 0. The van der Waals surface area contributed by atoms with E-state index in [0.29, 0.717) is 11.3 Å². The lowest BCUT2D eigenvalue weighted by Gasteiger charge is -2.19. The molecule has 0 unspecified atom stereocenters. The van der Waals surface area contributed by atoms with Gasteiger partial charge in [0.05, 0.1) is 10.6 Å². The van der Waals surface area contributed by atoms with Crippen LogP contribution in [0.3, 0.4) is 0 Å². The highest BCUT2D eigenvalue weighted by Crippen LogP contribution is 2.22. The van der Waals surface area contributed by atoms with E-state index in [4.69, 9.17) is 0 Å². The average molecular weight is 410 g/mol. The predicted molar refractivity (Wildman–Crippen MR) is 89.7 cm³/mol. The molecule has 0 spiro atoms. The molecule has 0 fully saturated rings. The van der Waals surface area contributed by atoms with Crippen LogP contribution in [0.5, 0.6) is 0 Å². The Balaban J connectivity index is 2.40. The van der Waals surface area contributed by atoms with E-state index in [2.05, 4.69) is 22.6 Å². The number of amides is 2. The number of carbonyl (C=O) groups is 2. The standard InChI is InChI=1S/C15H11IN2O4/c1-10(19)17(13-5-7-14(8-6-13)18(21)22)15(20)11-3-2-4-12(16)9-11/h2-9H,1H3. The number of imide groups is 1. The molecule has 0 aliphatic rings. The minimum Gasteiger partial charge on any atom is -0.274 e. The molecule has 0 heterocycles. The summed E-state index contributed by atoms with van der Waals surface area (Å²) in [4.78, 5) is 35.5. The average Bonchev–Trinajstić information content (AvgIpc) is 2.47. The van der Waals surface area contributed by atoms with Crippen molar-refractivity contribution >= 4 is 45.8 Å². The zero-order valence-electron chi connectivity index (χ0n) is 11.5. The topological polar surface area (TPSA) is 80.5 Å². The molecule has 0 N–H and O–H groups in total. The zero-order valence-corrected chi connectivity index (χ0v) is 13.7. The van der Waals surface area contributed by atoms with Crippen LogP contribution in [0.2, 0.25) is 0 Å². The number of carbonyl (C=O) groups excluding carboxylic acids is 2. The van der Waals surface area contributed by atoms with Gasteiger partial charge in [-0.15, -0.1) is 0 Å². The largest absolute Gasteiger partial charge is 0.274 e. The fraction of sp³-hybridized carbons (Fsp3) is 0.0667. The van der Waals surface area contributed by atoms with E-state index < -0.39 is 16.7 Å². The summed E-state index contributed by atoms with van der Waals surface area (Å²) < 4.78 is 0.871. The lowest BCUT2D eigenvalue weighted by molar-refractivity contribution is -0.384. The van der Waals surface area contributed by atoms with Crippen LogP contribution in [0.1, 0.15) is 17.3 Å². The Kier molecular flexibility index (Phi) is 4.86. The summed E-state index contributed by atoms with van der Waals surface area (Å²) in [5.74, 6) is -0.933. The van der Waals surface area contributed by atoms with Crippen LogP contribution in [0.25, 0.3) is 0 Å². The molecule has 2 aromatic rings. The van der Waals surface area contributed by atoms with Gasteiger partial charge in [-0.25, -0.2) is 4.90 Å². The van der Waals surface area contributed by atoms with Crippen LogP contribution in [0.15, 0.2) is 48.5 Å². The van der Waals surface area contributed by atoms with Gasteiger partial charge in [0, 0.05) is 28.2 Å². The Labute approximate surface area is 140 Å². The maximum Gasteiger partial charge on any atom is 0.269 e. The maximum atomic E-state index is 12.5. The van der Waals surface area contributed by atoms with Crippen LogP contribution in [0.4, 0.5) is 11.4 Å². The molecule has 0 saturated heterocycles. The van der Waals surface area contributed by atoms with Gasteiger partial charge in [-0.1, -0.05) is 6.07 Å².